The number of aryl methyl sites for hydroxylation is 1. The number of nitrogens with zero attached hydrogens (tertiary/aromatic N) is 2. The van der Waals surface area contributed by atoms with Crippen molar-refractivity contribution >= 4 is 11.6 Å². The second-order valence-electron chi connectivity index (χ2n) is 5.51. The fraction of sp³-hybridized carbons (Fsp3) is 0.333. The maximum absolute atomic E-state index is 13.3. The monoisotopic (exact) mass is 383 g/mol. The van der Waals surface area contributed by atoms with Gasteiger partial charge in [-0.15, -0.1) is 0 Å². The van der Waals surface area contributed by atoms with Crippen LogP contribution in [0, 0.1) is 6.92 Å². The second-order valence-corrected chi connectivity index (χ2v) is 5.51. The lowest BCUT2D eigenvalue weighted by Gasteiger charge is -2.26. The molecule has 0 bridgehead atoms. The fourth-order valence-electron chi connectivity index (χ4n) is 1.93. The molecule has 0 unspecified atom stereocenters. The van der Waals surface area contributed by atoms with Crippen molar-refractivity contribution < 1.29 is 35.5 Å². The number of aromatic nitrogens is 2. The van der Waals surface area contributed by atoms with E-state index in [9.17, 15) is 35.5 Å². The van der Waals surface area contributed by atoms with Crippen LogP contribution in [0.2, 0.25) is 0 Å². The lowest BCUT2D eigenvalue weighted by atomic mass is 10.1. The van der Waals surface area contributed by atoms with Gasteiger partial charge in [0.2, 0.25) is 0 Å². The Morgan fingerprint density at radius 3 is 2.19 bits per heavy atom. The molecule has 0 radical (unpaired) electrons. The molecule has 1 heterocycles. The van der Waals surface area contributed by atoms with Crippen LogP contribution in [0.4, 0.5) is 36.4 Å². The SMILES string of the molecule is Cc1ccc(Cn2cc(NC(=O)C(F)(F)C(F)(F)C(F)(F)F)cn2)cc1. The van der Waals surface area contributed by atoms with Crippen LogP contribution < -0.4 is 5.32 Å². The van der Waals surface area contributed by atoms with Gasteiger partial charge >= 0.3 is 23.9 Å². The van der Waals surface area contributed by atoms with E-state index >= 15 is 0 Å². The highest BCUT2D eigenvalue weighted by molar-refractivity contribution is 5.96. The first-order valence-corrected chi connectivity index (χ1v) is 7.06. The standard InChI is InChI=1S/C15H12F7N3O/c1-9-2-4-10(5-3-9)7-25-8-11(6-23-25)24-12(26)13(16,17)14(18,19)15(20,21)22/h2-6,8H,7H2,1H3,(H,24,26). The van der Waals surface area contributed by atoms with Gasteiger partial charge in [-0.1, -0.05) is 29.8 Å². The summed E-state index contributed by atoms with van der Waals surface area (Å²) in [6.07, 6.45) is -4.70. The van der Waals surface area contributed by atoms with Crippen molar-refractivity contribution in [2.24, 2.45) is 0 Å². The van der Waals surface area contributed by atoms with E-state index in [0.29, 0.717) is 0 Å². The second kappa shape index (κ2) is 6.61. The molecular formula is C15H12F7N3O. The lowest BCUT2D eigenvalue weighted by molar-refractivity contribution is -0.343. The van der Waals surface area contributed by atoms with Gasteiger partial charge in [0, 0.05) is 6.20 Å². The smallest absolute Gasteiger partial charge is 0.318 e. The van der Waals surface area contributed by atoms with Gasteiger partial charge in [-0.05, 0) is 12.5 Å². The molecule has 0 aliphatic rings. The Hall–Kier alpha value is -2.59. The summed E-state index contributed by atoms with van der Waals surface area (Å²) in [5, 5.41) is 5.05. The average molecular weight is 383 g/mol. The summed E-state index contributed by atoms with van der Waals surface area (Å²) in [7, 11) is 0. The molecule has 11 heteroatoms. The van der Waals surface area contributed by atoms with Crippen molar-refractivity contribution in [1.82, 2.24) is 9.78 Å². The number of anilines is 1. The van der Waals surface area contributed by atoms with Gasteiger partial charge in [0.15, 0.2) is 0 Å². The molecule has 0 spiro atoms. The van der Waals surface area contributed by atoms with E-state index in [1.165, 1.54) is 10.00 Å². The summed E-state index contributed by atoms with van der Waals surface area (Å²) in [6.45, 7) is 2.04. The quantitative estimate of drug-likeness (QED) is 0.794. The number of nitrogens with one attached hydrogen (secondary N) is 1. The van der Waals surface area contributed by atoms with Gasteiger partial charge in [0.05, 0.1) is 18.4 Å². The molecule has 26 heavy (non-hydrogen) atoms. The van der Waals surface area contributed by atoms with Gasteiger partial charge in [-0.3, -0.25) is 9.48 Å². The van der Waals surface area contributed by atoms with E-state index in [1.54, 1.807) is 24.3 Å². The molecule has 0 saturated heterocycles. The van der Waals surface area contributed by atoms with Gasteiger partial charge in [-0.25, -0.2) is 0 Å². The highest BCUT2D eigenvalue weighted by Crippen LogP contribution is 2.46. The molecule has 1 N–H and O–H groups in total. The number of hydrogen-bond donors (Lipinski definition) is 1. The van der Waals surface area contributed by atoms with Gasteiger partial charge in [0.1, 0.15) is 0 Å². The fourth-order valence-corrected chi connectivity index (χ4v) is 1.93. The number of halogens is 7. The largest absolute Gasteiger partial charge is 0.460 e. The third kappa shape index (κ3) is 3.81. The number of hydrogen-bond acceptors (Lipinski definition) is 2. The maximum atomic E-state index is 13.3. The number of benzene rings is 1. The third-order valence-electron chi connectivity index (χ3n) is 3.39. The van der Waals surface area contributed by atoms with E-state index in [4.69, 9.17) is 0 Å². The summed E-state index contributed by atoms with van der Waals surface area (Å²) < 4.78 is 89.6. The molecule has 2 rings (SSSR count). The minimum Gasteiger partial charge on any atom is -0.318 e. The molecule has 1 aromatic heterocycles. The van der Waals surface area contributed by atoms with Crippen LogP contribution in [0.15, 0.2) is 36.7 Å². The molecule has 1 aromatic carbocycles. The van der Waals surface area contributed by atoms with E-state index < -0.39 is 29.6 Å². The summed E-state index contributed by atoms with van der Waals surface area (Å²) in [6, 6.07) is 7.13. The molecule has 0 aliphatic carbocycles. The average Bonchev–Trinajstić information content (AvgIpc) is 2.95. The first-order valence-electron chi connectivity index (χ1n) is 7.06. The zero-order valence-corrected chi connectivity index (χ0v) is 13.1. The molecule has 4 nitrogen and oxygen atoms in total. The summed E-state index contributed by atoms with van der Waals surface area (Å²) in [4.78, 5) is 11.3. The topological polar surface area (TPSA) is 46.9 Å². The molecule has 0 fully saturated rings. The minimum absolute atomic E-state index is 0.172. The first-order chi connectivity index (χ1) is 11.8. The molecule has 2 aromatic rings. The summed E-state index contributed by atoms with van der Waals surface area (Å²) >= 11 is 0. The Bertz CT molecular complexity index is 781. The zero-order valence-electron chi connectivity index (χ0n) is 13.1. The summed E-state index contributed by atoms with van der Waals surface area (Å²) in [5.74, 6) is -15.3. The Morgan fingerprint density at radius 2 is 1.65 bits per heavy atom. The molecule has 1 amide bonds. The Morgan fingerprint density at radius 1 is 1.08 bits per heavy atom. The normalized spacial score (nSPS) is 12.9. The predicted octanol–water partition coefficient (Wildman–Crippen LogP) is 4.01. The lowest BCUT2D eigenvalue weighted by Crippen LogP contribution is -2.57. The third-order valence-corrected chi connectivity index (χ3v) is 3.39. The Balaban J connectivity index is 2.10. The van der Waals surface area contributed by atoms with Crippen molar-refractivity contribution in [2.75, 3.05) is 5.32 Å². The number of amides is 1. The molecule has 0 atom stereocenters. The first kappa shape index (κ1) is 19.7. The molecule has 0 aliphatic heterocycles. The minimum atomic E-state index is -6.58. The van der Waals surface area contributed by atoms with Crippen LogP contribution in [-0.4, -0.2) is 33.7 Å². The number of alkyl halides is 7. The van der Waals surface area contributed by atoms with Crippen LogP contribution in [0.5, 0.6) is 0 Å². The van der Waals surface area contributed by atoms with Crippen molar-refractivity contribution in [3.8, 4) is 0 Å². The predicted molar refractivity (Wildman–Crippen MR) is 77.1 cm³/mol. The Kier molecular flexibility index (Phi) is 5.02. The highest BCUT2D eigenvalue weighted by atomic mass is 19.4. The zero-order chi connectivity index (χ0) is 19.8. The van der Waals surface area contributed by atoms with Crippen molar-refractivity contribution in [1.29, 1.82) is 0 Å². The summed E-state index contributed by atoms with van der Waals surface area (Å²) in [5.41, 5.74) is 1.32. The highest BCUT2D eigenvalue weighted by Gasteiger charge is 2.76. The van der Waals surface area contributed by atoms with Crippen LogP contribution in [-0.2, 0) is 11.3 Å². The van der Waals surface area contributed by atoms with Crippen LogP contribution in [0.3, 0.4) is 0 Å². The number of carbonyl (C=O) groups excluding carboxylic acids is 1. The van der Waals surface area contributed by atoms with Crippen LogP contribution in [0.25, 0.3) is 0 Å². The molecule has 142 valence electrons. The van der Waals surface area contributed by atoms with Crippen molar-refractivity contribution in [3.63, 3.8) is 0 Å². The number of rotatable bonds is 5. The van der Waals surface area contributed by atoms with Crippen LogP contribution >= 0.6 is 0 Å². The molecular weight excluding hydrogens is 371 g/mol. The van der Waals surface area contributed by atoms with Gasteiger partial charge in [-0.2, -0.15) is 35.8 Å². The van der Waals surface area contributed by atoms with E-state index in [0.717, 1.165) is 23.5 Å². The van der Waals surface area contributed by atoms with E-state index in [2.05, 4.69) is 5.10 Å². The Labute approximate surface area is 142 Å². The number of carbonyl (C=O) groups is 1. The van der Waals surface area contributed by atoms with Crippen molar-refractivity contribution in [2.45, 2.75) is 31.5 Å². The van der Waals surface area contributed by atoms with Crippen LogP contribution in [0.1, 0.15) is 11.1 Å². The van der Waals surface area contributed by atoms with E-state index in [-0.39, 0.29) is 6.54 Å². The maximum Gasteiger partial charge on any atom is 0.460 e. The van der Waals surface area contributed by atoms with Gasteiger partial charge in [0.25, 0.3) is 0 Å². The molecule has 0 saturated carbocycles. The van der Waals surface area contributed by atoms with E-state index in [1.807, 2.05) is 6.92 Å². The van der Waals surface area contributed by atoms with Gasteiger partial charge < -0.3 is 5.32 Å². The van der Waals surface area contributed by atoms with Crippen molar-refractivity contribution in [3.05, 3.63) is 47.8 Å².